The van der Waals surface area contributed by atoms with E-state index >= 15 is 0 Å². The molecule has 0 N–H and O–H groups in total. The average Bonchev–Trinajstić information content (AvgIpc) is 1.95. The SMILES string of the molecule is C#Cc1cccc(C)c1Cl. The normalized spacial score (nSPS) is 8.90. The molecule has 0 bridgehead atoms. The molecule has 0 saturated heterocycles. The molecule has 0 aliphatic rings. The molecule has 0 unspecified atom stereocenters. The fourth-order valence-electron chi connectivity index (χ4n) is 0.759. The summed E-state index contributed by atoms with van der Waals surface area (Å²) in [6.45, 7) is 1.93. The third-order valence-electron chi connectivity index (χ3n) is 1.35. The Kier molecular flexibility index (Phi) is 1.99. The van der Waals surface area contributed by atoms with Crippen LogP contribution in [0.2, 0.25) is 5.02 Å². The first-order chi connectivity index (χ1) is 4.75. The molecule has 0 fully saturated rings. The van der Waals surface area contributed by atoms with Crippen LogP contribution in [-0.2, 0) is 0 Å². The topological polar surface area (TPSA) is 0 Å². The molecule has 0 atom stereocenters. The largest absolute Gasteiger partial charge is 0.115 e. The molecular formula is C9H7Cl. The van der Waals surface area contributed by atoms with Crippen LogP contribution in [0.15, 0.2) is 18.2 Å². The molecule has 1 heteroatoms. The number of rotatable bonds is 0. The molecule has 0 heterocycles. The molecular weight excluding hydrogens is 144 g/mol. The molecule has 0 radical (unpaired) electrons. The second kappa shape index (κ2) is 2.77. The number of benzene rings is 1. The maximum absolute atomic E-state index is 5.85. The van der Waals surface area contributed by atoms with E-state index in [0.717, 1.165) is 11.1 Å². The van der Waals surface area contributed by atoms with Gasteiger partial charge in [-0.05, 0) is 18.6 Å². The zero-order valence-electron chi connectivity index (χ0n) is 5.69. The van der Waals surface area contributed by atoms with E-state index in [9.17, 15) is 0 Å². The van der Waals surface area contributed by atoms with Crippen LogP contribution in [0.5, 0.6) is 0 Å². The summed E-state index contributed by atoms with van der Waals surface area (Å²) in [6, 6.07) is 5.66. The first-order valence-corrected chi connectivity index (χ1v) is 3.35. The Bertz CT molecular complexity index is 281. The van der Waals surface area contributed by atoms with Crippen molar-refractivity contribution >= 4 is 11.6 Å². The van der Waals surface area contributed by atoms with Gasteiger partial charge >= 0.3 is 0 Å². The molecule has 0 aliphatic heterocycles. The van der Waals surface area contributed by atoms with Crippen LogP contribution in [0.1, 0.15) is 11.1 Å². The lowest BCUT2D eigenvalue weighted by atomic mass is 10.1. The minimum absolute atomic E-state index is 0.685. The van der Waals surface area contributed by atoms with Crippen molar-refractivity contribution in [3.8, 4) is 12.3 Å². The highest BCUT2D eigenvalue weighted by Gasteiger charge is 1.97. The Morgan fingerprint density at radius 1 is 1.50 bits per heavy atom. The van der Waals surface area contributed by atoms with Gasteiger partial charge < -0.3 is 0 Å². The zero-order valence-corrected chi connectivity index (χ0v) is 6.44. The fraction of sp³-hybridized carbons (Fsp3) is 0.111. The second-order valence-electron chi connectivity index (χ2n) is 2.08. The lowest BCUT2D eigenvalue weighted by molar-refractivity contribution is 1.45. The summed E-state index contributed by atoms with van der Waals surface area (Å²) in [5, 5.41) is 0.685. The van der Waals surface area contributed by atoms with Gasteiger partial charge in [0, 0.05) is 5.56 Å². The highest BCUT2D eigenvalue weighted by molar-refractivity contribution is 6.32. The van der Waals surface area contributed by atoms with E-state index < -0.39 is 0 Å². The van der Waals surface area contributed by atoms with Gasteiger partial charge in [0.1, 0.15) is 0 Å². The summed E-state index contributed by atoms with van der Waals surface area (Å²) in [5.74, 6) is 2.50. The Labute approximate surface area is 65.8 Å². The van der Waals surface area contributed by atoms with Crippen LogP contribution < -0.4 is 0 Å². The molecule has 0 aromatic heterocycles. The summed E-state index contributed by atoms with van der Waals surface area (Å²) in [4.78, 5) is 0. The van der Waals surface area contributed by atoms with Crippen molar-refractivity contribution in [1.29, 1.82) is 0 Å². The molecule has 0 saturated carbocycles. The lowest BCUT2D eigenvalue weighted by Crippen LogP contribution is -1.79. The lowest BCUT2D eigenvalue weighted by Gasteiger charge is -1.97. The van der Waals surface area contributed by atoms with Gasteiger partial charge in [-0.25, -0.2) is 0 Å². The van der Waals surface area contributed by atoms with Crippen molar-refractivity contribution in [1.82, 2.24) is 0 Å². The molecule has 10 heavy (non-hydrogen) atoms. The predicted molar refractivity (Wildman–Crippen MR) is 44.1 cm³/mol. The van der Waals surface area contributed by atoms with E-state index in [1.54, 1.807) is 0 Å². The number of halogens is 1. The van der Waals surface area contributed by atoms with Gasteiger partial charge in [0.05, 0.1) is 5.02 Å². The van der Waals surface area contributed by atoms with E-state index in [-0.39, 0.29) is 0 Å². The Morgan fingerprint density at radius 3 is 2.70 bits per heavy atom. The molecule has 50 valence electrons. The second-order valence-corrected chi connectivity index (χ2v) is 2.46. The third-order valence-corrected chi connectivity index (χ3v) is 1.85. The number of aryl methyl sites for hydroxylation is 1. The average molecular weight is 151 g/mol. The quantitative estimate of drug-likeness (QED) is 0.499. The predicted octanol–water partition coefficient (Wildman–Crippen LogP) is 2.63. The van der Waals surface area contributed by atoms with E-state index in [0.29, 0.717) is 5.02 Å². The highest BCUT2D eigenvalue weighted by atomic mass is 35.5. The summed E-state index contributed by atoms with van der Waals surface area (Å²) < 4.78 is 0. The van der Waals surface area contributed by atoms with Crippen molar-refractivity contribution < 1.29 is 0 Å². The van der Waals surface area contributed by atoms with Gasteiger partial charge in [0.25, 0.3) is 0 Å². The van der Waals surface area contributed by atoms with Crippen LogP contribution in [-0.4, -0.2) is 0 Å². The van der Waals surface area contributed by atoms with Crippen molar-refractivity contribution in [2.45, 2.75) is 6.92 Å². The van der Waals surface area contributed by atoms with Gasteiger partial charge in [-0.2, -0.15) is 0 Å². The fourth-order valence-corrected chi connectivity index (χ4v) is 0.939. The van der Waals surface area contributed by atoms with E-state index in [1.165, 1.54) is 0 Å². The number of hydrogen-bond donors (Lipinski definition) is 0. The molecule has 1 aromatic rings. The minimum atomic E-state index is 0.685. The maximum Gasteiger partial charge on any atom is 0.0591 e. The van der Waals surface area contributed by atoms with Crippen molar-refractivity contribution in [2.24, 2.45) is 0 Å². The Morgan fingerprint density at radius 2 is 2.20 bits per heavy atom. The van der Waals surface area contributed by atoms with E-state index in [4.69, 9.17) is 18.0 Å². The molecule has 0 nitrogen and oxygen atoms in total. The first-order valence-electron chi connectivity index (χ1n) is 2.97. The zero-order chi connectivity index (χ0) is 7.56. The van der Waals surface area contributed by atoms with Gasteiger partial charge in [-0.3, -0.25) is 0 Å². The first kappa shape index (κ1) is 7.18. The summed E-state index contributed by atoms with van der Waals surface area (Å²) in [6.07, 6.45) is 5.19. The summed E-state index contributed by atoms with van der Waals surface area (Å²) >= 11 is 5.85. The van der Waals surface area contributed by atoms with Gasteiger partial charge in [0.2, 0.25) is 0 Å². The van der Waals surface area contributed by atoms with Crippen molar-refractivity contribution in [2.75, 3.05) is 0 Å². The Hall–Kier alpha value is -0.930. The summed E-state index contributed by atoms with van der Waals surface area (Å²) in [7, 11) is 0. The van der Waals surface area contributed by atoms with Crippen LogP contribution in [0.25, 0.3) is 0 Å². The number of hydrogen-bond acceptors (Lipinski definition) is 0. The van der Waals surface area contributed by atoms with Crippen molar-refractivity contribution in [3.05, 3.63) is 34.3 Å². The minimum Gasteiger partial charge on any atom is -0.115 e. The van der Waals surface area contributed by atoms with E-state index in [1.807, 2.05) is 25.1 Å². The number of terminal acetylenes is 1. The Balaban J connectivity index is 3.31. The van der Waals surface area contributed by atoms with E-state index in [2.05, 4.69) is 5.92 Å². The molecule has 0 amide bonds. The standard InChI is InChI=1S/C9H7Cl/c1-3-8-6-4-5-7(2)9(8)10/h1,4-6H,2H3. The van der Waals surface area contributed by atoms with Crippen LogP contribution in [0.4, 0.5) is 0 Å². The van der Waals surface area contributed by atoms with Gasteiger partial charge in [-0.1, -0.05) is 29.7 Å². The van der Waals surface area contributed by atoms with Crippen LogP contribution >= 0.6 is 11.6 Å². The highest BCUT2D eigenvalue weighted by Crippen LogP contribution is 2.18. The van der Waals surface area contributed by atoms with Gasteiger partial charge in [-0.15, -0.1) is 6.42 Å². The molecule has 0 aliphatic carbocycles. The van der Waals surface area contributed by atoms with Gasteiger partial charge in [0.15, 0.2) is 0 Å². The van der Waals surface area contributed by atoms with Crippen molar-refractivity contribution in [3.63, 3.8) is 0 Å². The summed E-state index contributed by atoms with van der Waals surface area (Å²) in [5.41, 5.74) is 1.79. The van der Waals surface area contributed by atoms with Crippen LogP contribution in [0, 0.1) is 19.3 Å². The molecule has 0 spiro atoms. The molecule has 1 rings (SSSR count). The third kappa shape index (κ3) is 1.15. The smallest absolute Gasteiger partial charge is 0.0591 e. The monoisotopic (exact) mass is 150 g/mol. The molecule has 1 aromatic carbocycles. The maximum atomic E-state index is 5.85. The van der Waals surface area contributed by atoms with Crippen LogP contribution in [0.3, 0.4) is 0 Å².